The van der Waals surface area contributed by atoms with Crippen molar-refractivity contribution in [3.8, 4) is 17.2 Å². The van der Waals surface area contributed by atoms with Gasteiger partial charge in [0.25, 0.3) is 5.91 Å². The lowest BCUT2D eigenvalue weighted by molar-refractivity contribution is 0.0947. The highest BCUT2D eigenvalue weighted by atomic mass is 35.5. The zero-order valence-corrected chi connectivity index (χ0v) is 15.7. The summed E-state index contributed by atoms with van der Waals surface area (Å²) in [5.41, 5.74) is 6.05. The molecule has 1 aromatic rings. The summed E-state index contributed by atoms with van der Waals surface area (Å²) in [5.74, 6) is 1.59. The summed E-state index contributed by atoms with van der Waals surface area (Å²) in [7, 11) is 0. The Hall–Kier alpha value is -1.66. The van der Waals surface area contributed by atoms with Crippen molar-refractivity contribution in [2.75, 3.05) is 32.9 Å². The minimum Gasteiger partial charge on any atom is -0.490 e. The molecule has 6 nitrogen and oxygen atoms in total. The van der Waals surface area contributed by atoms with Crippen molar-refractivity contribution in [1.29, 1.82) is 0 Å². The fraction of sp³-hybridized carbons (Fsp3) is 0.588. The maximum Gasteiger partial charge on any atom is 0.251 e. The van der Waals surface area contributed by atoms with E-state index in [-0.39, 0.29) is 24.2 Å². The van der Waals surface area contributed by atoms with Crippen molar-refractivity contribution in [2.45, 2.75) is 27.7 Å². The maximum absolute atomic E-state index is 12.3. The van der Waals surface area contributed by atoms with Crippen LogP contribution >= 0.6 is 12.4 Å². The Kier molecular flexibility index (Phi) is 11.0. The van der Waals surface area contributed by atoms with Crippen LogP contribution < -0.4 is 25.3 Å². The Bertz CT molecular complexity index is 484. The van der Waals surface area contributed by atoms with Gasteiger partial charge in [0.05, 0.1) is 19.8 Å². The molecule has 138 valence electrons. The highest BCUT2D eigenvalue weighted by Crippen LogP contribution is 2.39. The number of carbonyl (C=O) groups excluding carboxylic acids is 1. The maximum atomic E-state index is 12.3. The third-order valence-electron chi connectivity index (χ3n) is 3.18. The van der Waals surface area contributed by atoms with Crippen LogP contribution in [0.5, 0.6) is 17.2 Å². The molecule has 1 atom stereocenters. The molecule has 24 heavy (non-hydrogen) atoms. The van der Waals surface area contributed by atoms with E-state index in [1.54, 1.807) is 12.1 Å². The molecule has 0 aromatic heterocycles. The summed E-state index contributed by atoms with van der Waals surface area (Å²) in [5, 5.41) is 2.87. The first-order chi connectivity index (χ1) is 11.1. The fourth-order valence-corrected chi connectivity index (χ4v) is 1.97. The molecule has 1 rings (SSSR count). The number of ether oxygens (including phenoxy) is 3. The number of hydrogen-bond donors (Lipinski definition) is 2. The molecule has 0 aliphatic rings. The molecule has 3 N–H and O–H groups in total. The van der Waals surface area contributed by atoms with Crippen LogP contribution in [0.4, 0.5) is 0 Å². The molecule has 1 unspecified atom stereocenters. The first kappa shape index (κ1) is 22.3. The zero-order chi connectivity index (χ0) is 17.2. The van der Waals surface area contributed by atoms with E-state index in [1.165, 1.54) is 0 Å². The van der Waals surface area contributed by atoms with Gasteiger partial charge in [-0.3, -0.25) is 4.79 Å². The van der Waals surface area contributed by atoms with E-state index in [2.05, 4.69) is 5.32 Å². The molecule has 0 saturated carbocycles. The average Bonchev–Trinajstić information content (AvgIpc) is 2.55. The van der Waals surface area contributed by atoms with E-state index in [4.69, 9.17) is 19.9 Å². The Morgan fingerprint density at radius 2 is 1.58 bits per heavy atom. The van der Waals surface area contributed by atoms with Gasteiger partial charge in [0.1, 0.15) is 0 Å². The first-order valence-corrected chi connectivity index (χ1v) is 8.11. The van der Waals surface area contributed by atoms with Crippen LogP contribution in [0.2, 0.25) is 0 Å². The molecule has 0 fully saturated rings. The molecule has 0 heterocycles. The molecule has 0 spiro atoms. The fourth-order valence-electron chi connectivity index (χ4n) is 1.97. The molecular weight excluding hydrogens is 332 g/mol. The van der Waals surface area contributed by atoms with Crippen molar-refractivity contribution in [1.82, 2.24) is 5.32 Å². The number of nitrogens with two attached hydrogens (primary N) is 1. The molecular formula is C17H29ClN2O4. The Morgan fingerprint density at radius 3 is 2.00 bits per heavy atom. The largest absolute Gasteiger partial charge is 0.490 e. The van der Waals surface area contributed by atoms with Gasteiger partial charge in [-0.25, -0.2) is 0 Å². The van der Waals surface area contributed by atoms with E-state index in [0.717, 1.165) is 0 Å². The lowest BCUT2D eigenvalue weighted by atomic mass is 10.1. The Balaban J connectivity index is 0.00000529. The molecule has 0 radical (unpaired) electrons. The predicted octanol–water partition coefficient (Wildman–Crippen LogP) is 2.63. The van der Waals surface area contributed by atoms with Crippen molar-refractivity contribution in [2.24, 2.45) is 11.7 Å². The second-order valence-electron chi connectivity index (χ2n) is 5.15. The normalized spacial score (nSPS) is 11.2. The lowest BCUT2D eigenvalue weighted by Gasteiger charge is -2.17. The highest BCUT2D eigenvalue weighted by Gasteiger charge is 2.18. The quantitative estimate of drug-likeness (QED) is 0.670. The van der Waals surface area contributed by atoms with E-state index in [9.17, 15) is 4.79 Å². The number of nitrogens with one attached hydrogen (secondary N) is 1. The van der Waals surface area contributed by atoms with E-state index < -0.39 is 0 Å². The lowest BCUT2D eigenvalue weighted by Crippen LogP contribution is -2.31. The molecule has 7 heteroatoms. The smallest absolute Gasteiger partial charge is 0.251 e. The topological polar surface area (TPSA) is 82.8 Å². The minimum absolute atomic E-state index is 0. The number of benzene rings is 1. The first-order valence-electron chi connectivity index (χ1n) is 8.11. The summed E-state index contributed by atoms with van der Waals surface area (Å²) in [6.45, 7) is 10.1. The number of carbonyl (C=O) groups is 1. The van der Waals surface area contributed by atoms with Crippen LogP contribution in [0.3, 0.4) is 0 Å². The summed E-state index contributed by atoms with van der Waals surface area (Å²) in [4.78, 5) is 12.3. The van der Waals surface area contributed by atoms with Gasteiger partial charge in [0.15, 0.2) is 11.5 Å². The van der Waals surface area contributed by atoms with Gasteiger partial charge in [0.2, 0.25) is 5.75 Å². The second-order valence-corrected chi connectivity index (χ2v) is 5.15. The molecule has 1 aromatic carbocycles. The van der Waals surface area contributed by atoms with Crippen molar-refractivity contribution in [3.63, 3.8) is 0 Å². The van der Waals surface area contributed by atoms with E-state index in [1.807, 2.05) is 27.7 Å². The van der Waals surface area contributed by atoms with Gasteiger partial charge in [-0.05, 0) is 45.4 Å². The monoisotopic (exact) mass is 360 g/mol. The average molecular weight is 361 g/mol. The Labute approximate surface area is 150 Å². The van der Waals surface area contributed by atoms with Gasteiger partial charge >= 0.3 is 0 Å². The van der Waals surface area contributed by atoms with Gasteiger partial charge in [-0.15, -0.1) is 12.4 Å². The van der Waals surface area contributed by atoms with Crippen molar-refractivity contribution < 1.29 is 19.0 Å². The highest BCUT2D eigenvalue weighted by molar-refractivity contribution is 5.95. The Morgan fingerprint density at radius 1 is 1.08 bits per heavy atom. The summed E-state index contributed by atoms with van der Waals surface area (Å²) in [6, 6.07) is 3.36. The van der Waals surface area contributed by atoms with Crippen LogP contribution in [-0.2, 0) is 0 Å². The van der Waals surface area contributed by atoms with Gasteiger partial charge < -0.3 is 25.3 Å². The van der Waals surface area contributed by atoms with E-state index >= 15 is 0 Å². The molecule has 0 saturated heterocycles. The minimum atomic E-state index is -0.185. The third-order valence-corrected chi connectivity index (χ3v) is 3.18. The zero-order valence-electron chi connectivity index (χ0n) is 14.9. The molecule has 0 bridgehead atoms. The SMILES string of the molecule is CCOc1cc(C(=O)NCC(C)CN)cc(OCC)c1OCC.Cl. The number of rotatable bonds is 10. The summed E-state index contributed by atoms with van der Waals surface area (Å²) < 4.78 is 16.8. The van der Waals surface area contributed by atoms with Crippen LogP contribution in [0.15, 0.2) is 12.1 Å². The van der Waals surface area contributed by atoms with E-state index in [0.29, 0.717) is 55.7 Å². The van der Waals surface area contributed by atoms with Crippen LogP contribution in [0.1, 0.15) is 38.1 Å². The second kappa shape index (κ2) is 11.8. The van der Waals surface area contributed by atoms with Gasteiger partial charge in [0, 0.05) is 12.1 Å². The molecule has 0 aliphatic carbocycles. The van der Waals surface area contributed by atoms with Crippen LogP contribution in [0, 0.1) is 5.92 Å². The van der Waals surface area contributed by atoms with Crippen molar-refractivity contribution >= 4 is 18.3 Å². The standard InChI is InChI=1S/C17H28N2O4.ClH/c1-5-21-14-8-13(17(20)19-11-12(4)10-18)9-15(22-6-2)16(14)23-7-3;/h8-9,12H,5-7,10-11,18H2,1-4H3,(H,19,20);1H. The van der Waals surface area contributed by atoms with Crippen LogP contribution in [0.25, 0.3) is 0 Å². The number of halogens is 1. The van der Waals surface area contributed by atoms with Crippen LogP contribution in [-0.4, -0.2) is 38.8 Å². The van der Waals surface area contributed by atoms with Crippen molar-refractivity contribution in [3.05, 3.63) is 17.7 Å². The van der Waals surface area contributed by atoms with Gasteiger partial charge in [-0.1, -0.05) is 6.92 Å². The summed E-state index contributed by atoms with van der Waals surface area (Å²) in [6.07, 6.45) is 0. The summed E-state index contributed by atoms with van der Waals surface area (Å²) >= 11 is 0. The third kappa shape index (κ3) is 6.45. The number of amides is 1. The molecule has 0 aliphatic heterocycles. The molecule has 1 amide bonds. The predicted molar refractivity (Wildman–Crippen MR) is 97.7 cm³/mol. The van der Waals surface area contributed by atoms with Gasteiger partial charge in [-0.2, -0.15) is 0 Å². The number of hydrogen-bond acceptors (Lipinski definition) is 5.